The molecule has 7 heteroatoms. The van der Waals surface area contributed by atoms with E-state index in [1.54, 1.807) is 30.3 Å². The number of hydrogen-bond donors (Lipinski definition) is 0. The Bertz CT molecular complexity index is 838. The Morgan fingerprint density at radius 3 is 1.93 bits per heavy atom. The van der Waals surface area contributed by atoms with E-state index in [1.165, 1.54) is 4.31 Å². The lowest BCUT2D eigenvalue weighted by Gasteiger charge is -2.32. The second-order valence-electron chi connectivity index (χ2n) is 6.50. The van der Waals surface area contributed by atoms with Gasteiger partial charge in [-0.25, -0.2) is 4.31 Å². The Morgan fingerprint density at radius 1 is 0.929 bits per heavy atom. The van der Waals surface area contributed by atoms with Gasteiger partial charge in [0, 0.05) is 25.1 Å². The van der Waals surface area contributed by atoms with Crippen LogP contribution in [0.4, 0.5) is 0 Å². The van der Waals surface area contributed by atoms with Gasteiger partial charge in [0.15, 0.2) is 0 Å². The Labute approximate surface area is 173 Å². The van der Waals surface area contributed by atoms with Crippen molar-refractivity contribution in [3.8, 4) is 0 Å². The number of amides is 1. The summed E-state index contributed by atoms with van der Waals surface area (Å²) in [5.41, 5.74) is 0.121. The molecule has 0 heterocycles. The summed E-state index contributed by atoms with van der Waals surface area (Å²) in [5.74, 6) is -0.617. The Kier molecular flexibility index (Phi) is 8.48. The van der Waals surface area contributed by atoms with Gasteiger partial charge in [-0.15, -0.1) is 0 Å². The minimum atomic E-state index is -4.07. The smallest absolute Gasteiger partial charge is 0.268 e. The third-order valence-electron chi connectivity index (χ3n) is 4.24. The monoisotopic (exact) mass is 422 g/mol. The van der Waals surface area contributed by atoms with E-state index < -0.39 is 21.6 Å². The highest BCUT2D eigenvalue weighted by atomic mass is 35.5. The minimum absolute atomic E-state index is 0.228. The fourth-order valence-electron chi connectivity index (χ4n) is 2.94. The van der Waals surface area contributed by atoms with Crippen molar-refractivity contribution in [2.75, 3.05) is 13.1 Å². The van der Waals surface area contributed by atoms with Crippen LogP contribution in [0, 0.1) is 0 Å². The van der Waals surface area contributed by atoms with Crippen LogP contribution in [-0.2, 0) is 16.6 Å². The number of nitrogens with zero attached hydrogens (tertiary/aromatic N) is 2. The second-order valence-corrected chi connectivity index (χ2v) is 8.81. The molecule has 1 amide bonds. The van der Waals surface area contributed by atoms with E-state index in [0.717, 1.165) is 9.87 Å². The quantitative estimate of drug-likeness (QED) is 0.423. The summed E-state index contributed by atoms with van der Waals surface area (Å²) in [5, 5.41) is 0. The zero-order chi connectivity index (χ0) is 20.6. The van der Waals surface area contributed by atoms with E-state index >= 15 is 0 Å². The SMILES string of the molecule is CCCN(CCC)S(=O)(=O)N(C(=O)c1ccccc1)C(Cl)Cc1ccccc1. The van der Waals surface area contributed by atoms with E-state index in [0.29, 0.717) is 25.9 Å². The van der Waals surface area contributed by atoms with Gasteiger partial charge in [-0.1, -0.05) is 74.0 Å². The maximum Gasteiger partial charge on any atom is 0.307 e. The molecule has 5 nitrogen and oxygen atoms in total. The molecule has 0 bridgehead atoms. The van der Waals surface area contributed by atoms with E-state index in [4.69, 9.17) is 11.6 Å². The molecule has 0 aromatic heterocycles. The van der Waals surface area contributed by atoms with Gasteiger partial charge in [-0.2, -0.15) is 12.7 Å². The molecule has 1 atom stereocenters. The summed E-state index contributed by atoms with van der Waals surface area (Å²) in [6, 6.07) is 17.7. The van der Waals surface area contributed by atoms with Crippen molar-refractivity contribution >= 4 is 27.7 Å². The van der Waals surface area contributed by atoms with Gasteiger partial charge >= 0.3 is 10.2 Å². The summed E-state index contributed by atoms with van der Waals surface area (Å²) in [6.45, 7) is 4.49. The van der Waals surface area contributed by atoms with Gasteiger partial charge in [-0.3, -0.25) is 4.79 Å². The number of hydrogen-bond acceptors (Lipinski definition) is 3. The van der Waals surface area contributed by atoms with Crippen molar-refractivity contribution in [3.05, 3.63) is 71.8 Å². The van der Waals surface area contributed by atoms with Crippen molar-refractivity contribution in [2.45, 2.75) is 38.6 Å². The van der Waals surface area contributed by atoms with Crippen molar-refractivity contribution < 1.29 is 13.2 Å². The van der Waals surface area contributed by atoms with Crippen LogP contribution in [0.15, 0.2) is 60.7 Å². The summed E-state index contributed by atoms with van der Waals surface area (Å²) >= 11 is 6.55. The highest BCUT2D eigenvalue weighted by Crippen LogP contribution is 2.23. The van der Waals surface area contributed by atoms with Gasteiger partial charge in [0.05, 0.1) is 0 Å². The number of carbonyl (C=O) groups excluding carboxylic acids is 1. The first-order chi connectivity index (χ1) is 13.4. The van der Waals surface area contributed by atoms with E-state index in [-0.39, 0.29) is 12.0 Å². The molecule has 2 aromatic carbocycles. The average Bonchev–Trinajstić information content (AvgIpc) is 2.69. The summed E-state index contributed by atoms with van der Waals surface area (Å²) in [6.07, 6.45) is 1.53. The van der Waals surface area contributed by atoms with Crippen LogP contribution in [0.5, 0.6) is 0 Å². The molecule has 2 aromatic rings. The molecule has 0 fully saturated rings. The van der Waals surface area contributed by atoms with Gasteiger partial charge < -0.3 is 0 Å². The topological polar surface area (TPSA) is 57.7 Å². The standard InChI is InChI=1S/C21H27ClN2O3S/c1-3-15-23(16-4-2)28(26,27)24(21(25)19-13-9-6-10-14-19)20(22)17-18-11-7-5-8-12-18/h5-14,20H,3-4,15-17H2,1-2H3. The Hall–Kier alpha value is -1.89. The predicted octanol–water partition coefficient (Wildman–Crippen LogP) is 4.30. The van der Waals surface area contributed by atoms with Crippen LogP contribution < -0.4 is 0 Å². The molecule has 0 N–H and O–H groups in total. The van der Waals surface area contributed by atoms with Crippen LogP contribution in [0.2, 0.25) is 0 Å². The molecular formula is C21H27ClN2O3S. The second kappa shape index (κ2) is 10.6. The van der Waals surface area contributed by atoms with Crippen LogP contribution in [0.1, 0.15) is 42.6 Å². The number of carbonyl (C=O) groups is 1. The van der Waals surface area contributed by atoms with Crippen LogP contribution >= 0.6 is 11.6 Å². The molecule has 0 saturated heterocycles. The zero-order valence-corrected chi connectivity index (χ0v) is 17.9. The summed E-state index contributed by atoms with van der Waals surface area (Å²) in [4.78, 5) is 13.2. The first-order valence-corrected chi connectivity index (χ1v) is 11.3. The number of rotatable bonds is 10. The van der Waals surface area contributed by atoms with Crippen LogP contribution in [-0.4, -0.2) is 41.5 Å². The van der Waals surface area contributed by atoms with Crippen molar-refractivity contribution in [1.82, 2.24) is 8.61 Å². The lowest BCUT2D eigenvalue weighted by atomic mass is 10.1. The molecule has 0 spiro atoms. The molecule has 1 unspecified atom stereocenters. The largest absolute Gasteiger partial charge is 0.307 e. The molecule has 0 aliphatic carbocycles. The maximum atomic E-state index is 13.4. The highest BCUT2D eigenvalue weighted by molar-refractivity contribution is 7.87. The first-order valence-electron chi connectivity index (χ1n) is 9.48. The fraction of sp³-hybridized carbons (Fsp3) is 0.381. The number of benzene rings is 2. The van der Waals surface area contributed by atoms with Crippen LogP contribution in [0.25, 0.3) is 0 Å². The van der Waals surface area contributed by atoms with E-state index in [2.05, 4.69) is 0 Å². The minimum Gasteiger partial charge on any atom is -0.268 e. The number of halogens is 1. The molecule has 152 valence electrons. The number of alkyl halides is 1. The first kappa shape index (κ1) is 22.4. The molecule has 0 radical (unpaired) electrons. The normalized spacial score (nSPS) is 12.7. The molecular weight excluding hydrogens is 396 g/mol. The third kappa shape index (κ3) is 5.56. The molecule has 0 aliphatic heterocycles. The third-order valence-corrected chi connectivity index (χ3v) is 6.64. The van der Waals surface area contributed by atoms with Gasteiger partial charge in [0.25, 0.3) is 5.91 Å². The molecule has 2 rings (SSSR count). The zero-order valence-electron chi connectivity index (χ0n) is 16.3. The average molecular weight is 423 g/mol. The van der Waals surface area contributed by atoms with Gasteiger partial charge in [-0.05, 0) is 30.5 Å². The van der Waals surface area contributed by atoms with E-state index in [9.17, 15) is 13.2 Å². The summed E-state index contributed by atoms with van der Waals surface area (Å²) in [7, 11) is -4.07. The van der Waals surface area contributed by atoms with Crippen LogP contribution in [0.3, 0.4) is 0 Å². The fourth-order valence-corrected chi connectivity index (χ4v) is 5.26. The summed E-state index contributed by atoms with van der Waals surface area (Å²) < 4.78 is 29.0. The Balaban J connectivity index is 2.43. The highest BCUT2D eigenvalue weighted by Gasteiger charge is 2.38. The van der Waals surface area contributed by atoms with Crippen molar-refractivity contribution in [2.24, 2.45) is 0 Å². The van der Waals surface area contributed by atoms with Crippen molar-refractivity contribution in [1.29, 1.82) is 0 Å². The predicted molar refractivity (Wildman–Crippen MR) is 113 cm³/mol. The van der Waals surface area contributed by atoms with E-state index in [1.807, 2.05) is 44.2 Å². The lowest BCUT2D eigenvalue weighted by Crippen LogP contribution is -2.51. The van der Waals surface area contributed by atoms with Crippen molar-refractivity contribution in [3.63, 3.8) is 0 Å². The molecule has 0 saturated carbocycles. The van der Waals surface area contributed by atoms with Gasteiger partial charge in [0.1, 0.15) is 5.50 Å². The van der Waals surface area contributed by atoms with Gasteiger partial charge in [0.2, 0.25) is 0 Å². The molecule has 0 aliphatic rings. The Morgan fingerprint density at radius 2 is 1.43 bits per heavy atom. The maximum absolute atomic E-state index is 13.4. The lowest BCUT2D eigenvalue weighted by molar-refractivity contribution is 0.0841. The molecule has 28 heavy (non-hydrogen) atoms.